The fourth-order valence-corrected chi connectivity index (χ4v) is 4.98. The summed E-state index contributed by atoms with van der Waals surface area (Å²) in [6.45, 7) is 5.17. The lowest BCUT2D eigenvalue weighted by Crippen LogP contribution is -2.48. The molecule has 1 amide bonds. The van der Waals surface area contributed by atoms with Gasteiger partial charge >= 0.3 is 0 Å². The van der Waals surface area contributed by atoms with E-state index in [0.29, 0.717) is 12.8 Å². The number of nitrogens with zero attached hydrogens (tertiary/aromatic N) is 5. The normalized spacial score (nSPS) is 14.4. The Labute approximate surface area is 185 Å². The first-order valence-corrected chi connectivity index (χ1v) is 11.5. The third-order valence-corrected chi connectivity index (χ3v) is 6.74. The minimum absolute atomic E-state index is 0.196. The van der Waals surface area contributed by atoms with Gasteiger partial charge in [0.2, 0.25) is 5.91 Å². The quantitative estimate of drug-likeness (QED) is 0.478. The van der Waals surface area contributed by atoms with E-state index in [1.807, 2.05) is 48.2 Å². The fraction of sp³-hybridized carbons (Fsp3) is 0.292. The number of amides is 1. The topological polar surface area (TPSA) is 54.3 Å². The van der Waals surface area contributed by atoms with Crippen LogP contribution in [0.15, 0.2) is 60.0 Å². The molecular formula is C24H25N5OS. The zero-order valence-corrected chi connectivity index (χ0v) is 18.4. The number of hydrogen-bond donors (Lipinski definition) is 0. The van der Waals surface area contributed by atoms with E-state index in [-0.39, 0.29) is 5.91 Å². The highest BCUT2D eigenvalue weighted by atomic mass is 32.1. The van der Waals surface area contributed by atoms with Gasteiger partial charge in [-0.15, -0.1) is 11.3 Å². The number of thiazole rings is 1. The van der Waals surface area contributed by atoms with Crippen LogP contribution in [0.3, 0.4) is 0 Å². The van der Waals surface area contributed by atoms with Crippen molar-refractivity contribution in [3.8, 4) is 5.69 Å². The number of piperazine rings is 1. The molecule has 0 radical (unpaired) electrons. The number of carbonyl (C=O) groups is 1. The molecule has 158 valence electrons. The van der Waals surface area contributed by atoms with Crippen LogP contribution in [0.25, 0.3) is 16.7 Å². The molecule has 0 N–H and O–H groups in total. The first kappa shape index (κ1) is 19.8. The van der Waals surface area contributed by atoms with Gasteiger partial charge in [-0.1, -0.05) is 30.3 Å². The summed E-state index contributed by atoms with van der Waals surface area (Å²) in [7, 11) is 0. The average Bonchev–Trinajstić information content (AvgIpc) is 3.41. The predicted molar refractivity (Wildman–Crippen MR) is 125 cm³/mol. The van der Waals surface area contributed by atoms with Gasteiger partial charge in [-0.3, -0.25) is 9.36 Å². The van der Waals surface area contributed by atoms with Crippen LogP contribution in [0.2, 0.25) is 0 Å². The maximum Gasteiger partial charge on any atom is 0.223 e. The zero-order chi connectivity index (χ0) is 21.2. The maximum absolute atomic E-state index is 12.9. The molecular weight excluding hydrogens is 406 g/mol. The Hall–Kier alpha value is -3.19. The second kappa shape index (κ2) is 8.51. The van der Waals surface area contributed by atoms with E-state index >= 15 is 0 Å². The number of aromatic nitrogens is 3. The summed E-state index contributed by atoms with van der Waals surface area (Å²) >= 11 is 1.68. The standard InChI is InChI=1S/C24H25N5OS/c1-18-17-31-24(25-18)28-15-13-27(14-16-28)23(30)12-11-22-26-20-9-5-6-10-21(20)29(22)19-7-3-2-4-8-19/h2-10,17H,11-16H2,1H3. The molecule has 3 heterocycles. The van der Waals surface area contributed by atoms with Crippen LogP contribution in [0, 0.1) is 6.92 Å². The Morgan fingerprint density at radius 1 is 0.968 bits per heavy atom. The lowest BCUT2D eigenvalue weighted by Gasteiger charge is -2.34. The largest absolute Gasteiger partial charge is 0.345 e. The van der Waals surface area contributed by atoms with E-state index in [1.165, 1.54) is 0 Å². The summed E-state index contributed by atoms with van der Waals surface area (Å²) in [6.07, 6.45) is 1.08. The van der Waals surface area contributed by atoms with Crippen molar-refractivity contribution in [2.24, 2.45) is 0 Å². The van der Waals surface area contributed by atoms with Gasteiger partial charge in [-0.05, 0) is 31.2 Å². The SMILES string of the molecule is Cc1csc(N2CCN(C(=O)CCc3nc4ccccc4n3-c3ccccc3)CC2)n1. The van der Waals surface area contributed by atoms with Crippen LogP contribution in [0.4, 0.5) is 5.13 Å². The van der Waals surface area contributed by atoms with Crippen LogP contribution in [-0.2, 0) is 11.2 Å². The van der Waals surface area contributed by atoms with Crippen molar-refractivity contribution in [2.45, 2.75) is 19.8 Å². The molecule has 4 aromatic rings. The molecule has 0 unspecified atom stereocenters. The van der Waals surface area contributed by atoms with E-state index in [9.17, 15) is 4.79 Å². The van der Waals surface area contributed by atoms with E-state index in [4.69, 9.17) is 4.98 Å². The second-order valence-electron chi connectivity index (χ2n) is 7.83. The second-order valence-corrected chi connectivity index (χ2v) is 8.66. The number of carbonyl (C=O) groups excluding carboxylic acids is 1. The number of rotatable bonds is 5. The van der Waals surface area contributed by atoms with Gasteiger partial charge in [-0.25, -0.2) is 9.97 Å². The number of anilines is 1. The van der Waals surface area contributed by atoms with E-state index in [0.717, 1.165) is 59.5 Å². The Morgan fingerprint density at radius 3 is 2.45 bits per heavy atom. The molecule has 0 atom stereocenters. The summed E-state index contributed by atoms with van der Waals surface area (Å²) in [6, 6.07) is 18.4. The van der Waals surface area contributed by atoms with E-state index in [1.54, 1.807) is 11.3 Å². The molecule has 7 heteroatoms. The smallest absolute Gasteiger partial charge is 0.223 e. The number of para-hydroxylation sites is 3. The molecule has 0 aliphatic carbocycles. The van der Waals surface area contributed by atoms with Crippen molar-refractivity contribution >= 4 is 33.4 Å². The van der Waals surface area contributed by atoms with Gasteiger partial charge < -0.3 is 9.80 Å². The van der Waals surface area contributed by atoms with Crippen molar-refractivity contribution in [1.29, 1.82) is 0 Å². The fourth-order valence-electron chi connectivity index (χ4n) is 4.12. The van der Waals surface area contributed by atoms with Crippen LogP contribution in [0.1, 0.15) is 17.9 Å². The molecule has 1 fully saturated rings. The molecule has 2 aromatic carbocycles. The maximum atomic E-state index is 12.9. The molecule has 0 saturated carbocycles. The van der Waals surface area contributed by atoms with Gasteiger partial charge in [0.1, 0.15) is 5.82 Å². The van der Waals surface area contributed by atoms with Gasteiger partial charge in [0, 0.05) is 50.1 Å². The summed E-state index contributed by atoms with van der Waals surface area (Å²) in [5.41, 5.74) is 4.16. The zero-order valence-electron chi connectivity index (χ0n) is 17.6. The Balaban J connectivity index is 1.28. The third kappa shape index (κ3) is 4.05. The number of hydrogen-bond acceptors (Lipinski definition) is 5. The van der Waals surface area contributed by atoms with Crippen molar-refractivity contribution < 1.29 is 4.79 Å². The lowest BCUT2D eigenvalue weighted by atomic mass is 10.2. The number of aryl methyl sites for hydroxylation is 2. The van der Waals surface area contributed by atoms with Gasteiger partial charge in [0.25, 0.3) is 0 Å². The first-order valence-electron chi connectivity index (χ1n) is 10.7. The summed E-state index contributed by atoms with van der Waals surface area (Å²) in [4.78, 5) is 26.6. The minimum atomic E-state index is 0.196. The monoisotopic (exact) mass is 431 g/mol. The Bertz CT molecular complexity index is 1190. The number of fused-ring (bicyclic) bond motifs is 1. The first-order chi connectivity index (χ1) is 15.2. The molecule has 1 aliphatic rings. The Kier molecular flexibility index (Phi) is 5.42. The highest BCUT2D eigenvalue weighted by Crippen LogP contribution is 2.24. The minimum Gasteiger partial charge on any atom is -0.345 e. The highest BCUT2D eigenvalue weighted by molar-refractivity contribution is 7.13. The molecule has 2 aromatic heterocycles. The Morgan fingerprint density at radius 2 is 1.71 bits per heavy atom. The van der Waals surface area contributed by atoms with Gasteiger partial charge in [-0.2, -0.15) is 0 Å². The number of benzene rings is 2. The molecule has 1 aliphatic heterocycles. The van der Waals surface area contributed by atoms with Crippen molar-refractivity contribution in [3.63, 3.8) is 0 Å². The molecule has 31 heavy (non-hydrogen) atoms. The molecule has 5 rings (SSSR count). The molecule has 0 spiro atoms. The number of imidazole rings is 1. The highest BCUT2D eigenvalue weighted by Gasteiger charge is 2.23. The van der Waals surface area contributed by atoms with Crippen LogP contribution in [-0.4, -0.2) is 51.5 Å². The van der Waals surface area contributed by atoms with Gasteiger partial charge in [0.05, 0.1) is 16.7 Å². The lowest BCUT2D eigenvalue weighted by molar-refractivity contribution is -0.131. The van der Waals surface area contributed by atoms with E-state index in [2.05, 4.69) is 38.0 Å². The van der Waals surface area contributed by atoms with Crippen molar-refractivity contribution in [3.05, 3.63) is 71.5 Å². The average molecular weight is 432 g/mol. The van der Waals surface area contributed by atoms with Crippen molar-refractivity contribution in [2.75, 3.05) is 31.1 Å². The molecule has 0 bridgehead atoms. The van der Waals surface area contributed by atoms with Crippen LogP contribution >= 0.6 is 11.3 Å². The van der Waals surface area contributed by atoms with Crippen LogP contribution < -0.4 is 4.90 Å². The molecule has 6 nitrogen and oxygen atoms in total. The van der Waals surface area contributed by atoms with E-state index < -0.39 is 0 Å². The van der Waals surface area contributed by atoms with Crippen molar-refractivity contribution in [1.82, 2.24) is 19.4 Å². The molecule has 1 saturated heterocycles. The summed E-state index contributed by atoms with van der Waals surface area (Å²) in [5.74, 6) is 1.12. The third-order valence-electron chi connectivity index (χ3n) is 5.72. The summed E-state index contributed by atoms with van der Waals surface area (Å²) in [5, 5.41) is 3.13. The predicted octanol–water partition coefficient (Wildman–Crippen LogP) is 4.07. The van der Waals surface area contributed by atoms with Gasteiger partial charge in [0.15, 0.2) is 5.13 Å². The van der Waals surface area contributed by atoms with Crippen LogP contribution in [0.5, 0.6) is 0 Å². The summed E-state index contributed by atoms with van der Waals surface area (Å²) < 4.78 is 2.17.